The number of nitrogens with one attached hydrogen (secondary N) is 1. The highest BCUT2D eigenvalue weighted by atomic mass is 32.1. The lowest BCUT2D eigenvalue weighted by Crippen LogP contribution is -1.84. The van der Waals surface area contributed by atoms with Crippen LogP contribution in [0.25, 0.3) is 16.2 Å². The molecular weight excluding hydrogens is 232 g/mol. The number of aryl methyl sites for hydroxylation is 1. The Morgan fingerprint density at radius 1 is 1.29 bits per heavy atom. The SMILES string of the molecule is CNc1nc(C)c(-c2cn3ccccc3n2)s1. The van der Waals surface area contributed by atoms with Crippen LogP contribution in [-0.2, 0) is 0 Å². The summed E-state index contributed by atoms with van der Waals surface area (Å²) < 4.78 is 2.02. The maximum absolute atomic E-state index is 4.60. The summed E-state index contributed by atoms with van der Waals surface area (Å²) in [7, 11) is 1.88. The average Bonchev–Trinajstić information content (AvgIpc) is 2.91. The average molecular weight is 244 g/mol. The van der Waals surface area contributed by atoms with Gasteiger partial charge in [0, 0.05) is 19.4 Å². The topological polar surface area (TPSA) is 42.2 Å². The second kappa shape index (κ2) is 3.85. The zero-order valence-electron chi connectivity index (χ0n) is 9.64. The number of nitrogens with zero attached hydrogens (tertiary/aromatic N) is 3. The Kier molecular flexibility index (Phi) is 2.33. The molecule has 0 spiro atoms. The Balaban J connectivity index is 2.16. The maximum Gasteiger partial charge on any atom is 0.183 e. The Hall–Kier alpha value is -1.88. The molecular formula is C12H12N4S. The molecule has 17 heavy (non-hydrogen) atoms. The summed E-state index contributed by atoms with van der Waals surface area (Å²) in [5.74, 6) is 0. The van der Waals surface area contributed by atoms with E-state index in [4.69, 9.17) is 0 Å². The van der Waals surface area contributed by atoms with Crippen molar-refractivity contribution >= 4 is 22.1 Å². The molecule has 0 saturated carbocycles. The van der Waals surface area contributed by atoms with E-state index in [0.29, 0.717) is 0 Å². The van der Waals surface area contributed by atoms with Gasteiger partial charge in [0.15, 0.2) is 5.13 Å². The fourth-order valence-corrected chi connectivity index (χ4v) is 2.66. The number of fused-ring (bicyclic) bond motifs is 1. The number of rotatable bonds is 2. The standard InChI is InChI=1S/C12H12N4S/c1-8-11(17-12(13-2)14-8)9-7-16-6-4-3-5-10(16)15-9/h3-7H,1-2H3,(H,13,14). The molecule has 3 aromatic heterocycles. The van der Waals surface area contributed by atoms with Gasteiger partial charge in [0.1, 0.15) is 11.3 Å². The first-order chi connectivity index (χ1) is 8.28. The number of hydrogen-bond acceptors (Lipinski definition) is 4. The van der Waals surface area contributed by atoms with Crippen molar-refractivity contribution in [1.82, 2.24) is 14.4 Å². The summed E-state index contributed by atoms with van der Waals surface area (Å²) in [6.45, 7) is 2.01. The first-order valence-electron chi connectivity index (χ1n) is 5.37. The molecule has 0 aromatic carbocycles. The number of aromatic nitrogens is 3. The quantitative estimate of drug-likeness (QED) is 0.753. The second-order valence-electron chi connectivity index (χ2n) is 3.78. The predicted molar refractivity (Wildman–Crippen MR) is 70.6 cm³/mol. The van der Waals surface area contributed by atoms with Crippen LogP contribution in [0.15, 0.2) is 30.6 Å². The third-order valence-electron chi connectivity index (χ3n) is 2.61. The van der Waals surface area contributed by atoms with E-state index < -0.39 is 0 Å². The van der Waals surface area contributed by atoms with Gasteiger partial charge in [-0.3, -0.25) is 0 Å². The molecule has 5 heteroatoms. The van der Waals surface area contributed by atoms with Crippen LogP contribution in [-0.4, -0.2) is 21.4 Å². The van der Waals surface area contributed by atoms with Crippen LogP contribution in [0, 0.1) is 6.92 Å². The zero-order chi connectivity index (χ0) is 11.8. The molecule has 0 atom stereocenters. The van der Waals surface area contributed by atoms with Gasteiger partial charge in [0.25, 0.3) is 0 Å². The molecule has 3 heterocycles. The van der Waals surface area contributed by atoms with Gasteiger partial charge in [-0.15, -0.1) is 0 Å². The third-order valence-corrected chi connectivity index (χ3v) is 3.80. The Morgan fingerprint density at radius 2 is 2.18 bits per heavy atom. The van der Waals surface area contributed by atoms with Crippen LogP contribution in [0.1, 0.15) is 5.69 Å². The largest absolute Gasteiger partial charge is 0.365 e. The molecule has 4 nitrogen and oxygen atoms in total. The van der Waals surface area contributed by atoms with Gasteiger partial charge >= 0.3 is 0 Å². The fourth-order valence-electron chi connectivity index (χ4n) is 1.79. The monoisotopic (exact) mass is 244 g/mol. The highest BCUT2D eigenvalue weighted by molar-refractivity contribution is 7.19. The minimum atomic E-state index is 0.926. The smallest absolute Gasteiger partial charge is 0.183 e. The van der Waals surface area contributed by atoms with Crippen molar-refractivity contribution in [1.29, 1.82) is 0 Å². The van der Waals surface area contributed by atoms with Gasteiger partial charge in [0.2, 0.25) is 0 Å². The summed E-state index contributed by atoms with van der Waals surface area (Å²) in [6.07, 6.45) is 4.04. The maximum atomic E-state index is 4.60. The molecule has 0 bridgehead atoms. The minimum Gasteiger partial charge on any atom is -0.365 e. The first kappa shape index (κ1) is 10.3. The highest BCUT2D eigenvalue weighted by Crippen LogP contribution is 2.31. The van der Waals surface area contributed by atoms with E-state index in [1.807, 2.05) is 49.0 Å². The van der Waals surface area contributed by atoms with Crippen molar-refractivity contribution in [3.8, 4) is 10.6 Å². The van der Waals surface area contributed by atoms with Gasteiger partial charge in [-0.05, 0) is 19.1 Å². The molecule has 3 rings (SSSR count). The van der Waals surface area contributed by atoms with Gasteiger partial charge in [0.05, 0.1) is 10.6 Å². The van der Waals surface area contributed by atoms with E-state index in [1.54, 1.807) is 11.3 Å². The summed E-state index contributed by atoms with van der Waals surface area (Å²) in [5, 5.41) is 3.99. The lowest BCUT2D eigenvalue weighted by Gasteiger charge is -1.89. The molecule has 0 aliphatic heterocycles. The van der Waals surface area contributed by atoms with E-state index >= 15 is 0 Å². The van der Waals surface area contributed by atoms with Crippen LogP contribution in [0.2, 0.25) is 0 Å². The Morgan fingerprint density at radius 3 is 2.88 bits per heavy atom. The van der Waals surface area contributed by atoms with Crippen LogP contribution >= 0.6 is 11.3 Å². The van der Waals surface area contributed by atoms with E-state index in [9.17, 15) is 0 Å². The molecule has 0 aliphatic rings. The lowest BCUT2D eigenvalue weighted by molar-refractivity contribution is 1.19. The fraction of sp³-hybridized carbons (Fsp3) is 0.167. The summed E-state index contributed by atoms with van der Waals surface area (Å²) >= 11 is 1.63. The lowest BCUT2D eigenvalue weighted by atomic mass is 10.3. The van der Waals surface area contributed by atoms with E-state index in [-0.39, 0.29) is 0 Å². The van der Waals surface area contributed by atoms with Crippen LogP contribution in [0.5, 0.6) is 0 Å². The number of pyridine rings is 1. The van der Waals surface area contributed by atoms with E-state index in [1.165, 1.54) is 0 Å². The van der Waals surface area contributed by atoms with Gasteiger partial charge in [-0.25, -0.2) is 9.97 Å². The third kappa shape index (κ3) is 1.68. The van der Waals surface area contributed by atoms with Gasteiger partial charge in [-0.2, -0.15) is 0 Å². The number of thiazole rings is 1. The zero-order valence-corrected chi connectivity index (χ0v) is 10.5. The first-order valence-corrected chi connectivity index (χ1v) is 6.19. The Bertz CT molecular complexity index is 635. The molecule has 1 N–H and O–H groups in total. The Labute approximate surface area is 103 Å². The van der Waals surface area contributed by atoms with Crippen LogP contribution < -0.4 is 5.32 Å². The van der Waals surface area contributed by atoms with Crippen molar-refractivity contribution < 1.29 is 0 Å². The molecule has 0 fully saturated rings. The minimum absolute atomic E-state index is 0.926. The summed E-state index contributed by atoms with van der Waals surface area (Å²) in [6, 6.07) is 5.99. The molecule has 86 valence electrons. The van der Waals surface area contributed by atoms with Crippen LogP contribution in [0.3, 0.4) is 0 Å². The normalized spacial score (nSPS) is 10.9. The van der Waals surface area contributed by atoms with Crippen molar-refractivity contribution in [3.05, 3.63) is 36.3 Å². The van der Waals surface area contributed by atoms with Gasteiger partial charge in [-0.1, -0.05) is 17.4 Å². The van der Waals surface area contributed by atoms with E-state index in [2.05, 4.69) is 15.3 Å². The number of anilines is 1. The second-order valence-corrected chi connectivity index (χ2v) is 4.77. The molecule has 0 aliphatic carbocycles. The number of hydrogen-bond donors (Lipinski definition) is 1. The van der Waals surface area contributed by atoms with E-state index in [0.717, 1.165) is 27.0 Å². The highest BCUT2D eigenvalue weighted by Gasteiger charge is 2.12. The van der Waals surface area contributed by atoms with Crippen molar-refractivity contribution in [2.75, 3.05) is 12.4 Å². The molecule has 0 saturated heterocycles. The molecule has 0 amide bonds. The molecule has 3 aromatic rings. The van der Waals surface area contributed by atoms with Crippen molar-refractivity contribution in [3.63, 3.8) is 0 Å². The van der Waals surface area contributed by atoms with Crippen molar-refractivity contribution in [2.24, 2.45) is 0 Å². The summed E-state index contributed by atoms with van der Waals surface area (Å²) in [5.41, 5.74) is 2.96. The molecule has 0 unspecified atom stereocenters. The van der Waals surface area contributed by atoms with Crippen LogP contribution in [0.4, 0.5) is 5.13 Å². The van der Waals surface area contributed by atoms with Gasteiger partial charge < -0.3 is 9.72 Å². The molecule has 0 radical (unpaired) electrons. The summed E-state index contributed by atoms with van der Waals surface area (Å²) in [4.78, 5) is 10.2. The number of imidazole rings is 1. The predicted octanol–water partition coefficient (Wildman–Crippen LogP) is 2.81. The van der Waals surface area contributed by atoms with Crippen molar-refractivity contribution in [2.45, 2.75) is 6.92 Å².